The molecule has 0 unspecified atom stereocenters. The van der Waals surface area contributed by atoms with E-state index in [4.69, 9.17) is 4.74 Å². The standard InChI is InChI=1S/C19H17FN2O2S/c1-13(7-8-14-5-3-2-4-6-14)24-19(23)18-17(21-22-25-18)15-9-11-16(20)12-10-15/h2-6,9-13H,7-8H2,1H3/t13-/m0/s1. The molecule has 0 fully saturated rings. The minimum absolute atomic E-state index is 0.226. The molecule has 128 valence electrons. The number of halogens is 1. The third-order valence-electron chi connectivity index (χ3n) is 3.78. The Balaban J connectivity index is 1.63. The Labute approximate surface area is 149 Å². The van der Waals surface area contributed by atoms with Gasteiger partial charge in [-0.2, -0.15) is 0 Å². The average molecular weight is 356 g/mol. The predicted molar refractivity (Wildman–Crippen MR) is 94.9 cm³/mol. The summed E-state index contributed by atoms with van der Waals surface area (Å²) in [6.45, 7) is 1.87. The molecule has 0 saturated heterocycles. The molecule has 0 aliphatic heterocycles. The van der Waals surface area contributed by atoms with E-state index in [9.17, 15) is 9.18 Å². The first-order chi connectivity index (χ1) is 12.1. The predicted octanol–water partition coefficient (Wildman–Crippen LogP) is 4.52. The second-order valence-electron chi connectivity index (χ2n) is 5.70. The number of carbonyl (C=O) groups excluding carboxylic acids is 1. The summed E-state index contributed by atoms with van der Waals surface area (Å²) in [4.78, 5) is 12.8. The van der Waals surface area contributed by atoms with Gasteiger partial charge in [0.05, 0.1) is 6.10 Å². The van der Waals surface area contributed by atoms with Gasteiger partial charge in [0.2, 0.25) is 0 Å². The number of carbonyl (C=O) groups is 1. The summed E-state index contributed by atoms with van der Waals surface area (Å²) in [6, 6.07) is 15.8. The Morgan fingerprint density at radius 2 is 1.88 bits per heavy atom. The van der Waals surface area contributed by atoms with Gasteiger partial charge in [-0.1, -0.05) is 34.8 Å². The number of rotatable bonds is 6. The summed E-state index contributed by atoms with van der Waals surface area (Å²) >= 11 is 0.984. The van der Waals surface area contributed by atoms with Crippen LogP contribution in [0.3, 0.4) is 0 Å². The highest BCUT2D eigenvalue weighted by atomic mass is 32.1. The molecule has 0 spiro atoms. The fourth-order valence-corrected chi connectivity index (χ4v) is 3.00. The van der Waals surface area contributed by atoms with Crippen LogP contribution in [0.2, 0.25) is 0 Å². The van der Waals surface area contributed by atoms with E-state index in [2.05, 4.69) is 9.59 Å². The topological polar surface area (TPSA) is 52.1 Å². The fraction of sp³-hybridized carbons (Fsp3) is 0.211. The lowest BCUT2D eigenvalue weighted by molar-refractivity contribution is 0.0332. The van der Waals surface area contributed by atoms with E-state index >= 15 is 0 Å². The van der Waals surface area contributed by atoms with Crippen molar-refractivity contribution < 1.29 is 13.9 Å². The van der Waals surface area contributed by atoms with Crippen LogP contribution in [0.5, 0.6) is 0 Å². The van der Waals surface area contributed by atoms with Crippen LogP contribution in [0.15, 0.2) is 54.6 Å². The molecule has 1 heterocycles. The second-order valence-corrected chi connectivity index (χ2v) is 6.45. The van der Waals surface area contributed by atoms with Crippen molar-refractivity contribution in [2.45, 2.75) is 25.9 Å². The highest BCUT2D eigenvalue weighted by Gasteiger charge is 2.21. The van der Waals surface area contributed by atoms with Crippen molar-refractivity contribution in [2.75, 3.05) is 0 Å². The first kappa shape index (κ1) is 17.2. The van der Waals surface area contributed by atoms with Crippen LogP contribution < -0.4 is 0 Å². The molecule has 0 aliphatic rings. The normalized spacial score (nSPS) is 11.9. The molecule has 0 radical (unpaired) electrons. The van der Waals surface area contributed by atoms with Gasteiger partial charge in [0.15, 0.2) is 4.88 Å². The molecule has 0 saturated carbocycles. The summed E-state index contributed by atoms with van der Waals surface area (Å²) in [7, 11) is 0. The minimum atomic E-state index is -0.449. The maximum Gasteiger partial charge on any atom is 0.352 e. The van der Waals surface area contributed by atoms with E-state index < -0.39 is 5.97 Å². The monoisotopic (exact) mass is 356 g/mol. The van der Waals surface area contributed by atoms with Crippen molar-refractivity contribution in [1.29, 1.82) is 0 Å². The van der Waals surface area contributed by atoms with Gasteiger partial charge in [0.25, 0.3) is 0 Å². The van der Waals surface area contributed by atoms with Gasteiger partial charge < -0.3 is 4.74 Å². The Kier molecular flexibility index (Phi) is 5.50. The third-order valence-corrected chi connectivity index (χ3v) is 4.49. The zero-order valence-corrected chi connectivity index (χ0v) is 14.5. The van der Waals surface area contributed by atoms with Crippen molar-refractivity contribution >= 4 is 17.5 Å². The van der Waals surface area contributed by atoms with Crippen LogP contribution in [-0.4, -0.2) is 21.7 Å². The Bertz CT molecular complexity index is 834. The minimum Gasteiger partial charge on any atom is -0.458 e. The molecule has 0 bridgehead atoms. The van der Waals surface area contributed by atoms with Crippen molar-refractivity contribution in [3.63, 3.8) is 0 Å². The number of nitrogens with zero attached hydrogens (tertiary/aromatic N) is 2. The van der Waals surface area contributed by atoms with Crippen LogP contribution in [0, 0.1) is 5.82 Å². The van der Waals surface area contributed by atoms with Gasteiger partial charge in [-0.3, -0.25) is 0 Å². The summed E-state index contributed by atoms with van der Waals surface area (Å²) in [5.41, 5.74) is 2.26. The highest BCUT2D eigenvalue weighted by molar-refractivity contribution is 7.08. The zero-order chi connectivity index (χ0) is 17.6. The average Bonchev–Trinajstić information content (AvgIpc) is 3.11. The van der Waals surface area contributed by atoms with Gasteiger partial charge >= 0.3 is 5.97 Å². The maximum absolute atomic E-state index is 13.1. The molecular formula is C19H17FN2O2S. The molecule has 3 rings (SSSR count). The number of benzene rings is 2. The number of hydrogen-bond acceptors (Lipinski definition) is 5. The van der Waals surface area contributed by atoms with Gasteiger partial charge in [0, 0.05) is 5.56 Å². The van der Waals surface area contributed by atoms with E-state index in [1.807, 2.05) is 37.3 Å². The molecule has 1 atom stereocenters. The first-order valence-electron chi connectivity index (χ1n) is 7.96. The summed E-state index contributed by atoms with van der Waals surface area (Å²) in [6.07, 6.45) is 1.34. The number of ether oxygens (including phenoxy) is 1. The van der Waals surface area contributed by atoms with E-state index in [1.54, 1.807) is 12.1 Å². The van der Waals surface area contributed by atoms with Gasteiger partial charge in [-0.05, 0) is 61.1 Å². The van der Waals surface area contributed by atoms with Gasteiger partial charge in [-0.25, -0.2) is 9.18 Å². The van der Waals surface area contributed by atoms with Crippen LogP contribution in [0.25, 0.3) is 11.3 Å². The van der Waals surface area contributed by atoms with E-state index in [0.717, 1.165) is 24.4 Å². The Morgan fingerprint density at radius 1 is 1.16 bits per heavy atom. The second kappa shape index (κ2) is 7.98. The number of aryl methyl sites for hydroxylation is 1. The lowest BCUT2D eigenvalue weighted by Gasteiger charge is -2.12. The van der Waals surface area contributed by atoms with E-state index in [-0.39, 0.29) is 11.9 Å². The van der Waals surface area contributed by atoms with Crippen molar-refractivity contribution in [2.24, 2.45) is 0 Å². The van der Waals surface area contributed by atoms with Crippen LogP contribution >= 0.6 is 11.5 Å². The molecule has 3 aromatic rings. The Hall–Kier alpha value is -2.60. The van der Waals surface area contributed by atoms with Crippen molar-refractivity contribution in [3.8, 4) is 11.3 Å². The molecule has 0 aliphatic carbocycles. The number of esters is 1. The zero-order valence-electron chi connectivity index (χ0n) is 13.7. The largest absolute Gasteiger partial charge is 0.458 e. The third kappa shape index (κ3) is 4.48. The first-order valence-corrected chi connectivity index (χ1v) is 8.74. The molecule has 6 heteroatoms. The fourth-order valence-electron chi connectivity index (χ4n) is 2.43. The van der Waals surface area contributed by atoms with Crippen molar-refractivity contribution in [1.82, 2.24) is 9.59 Å². The molecule has 2 aromatic carbocycles. The van der Waals surface area contributed by atoms with Gasteiger partial charge in [-0.15, -0.1) is 5.10 Å². The molecule has 1 aromatic heterocycles. The smallest absolute Gasteiger partial charge is 0.352 e. The van der Waals surface area contributed by atoms with Crippen LogP contribution in [-0.2, 0) is 11.2 Å². The molecule has 4 nitrogen and oxygen atoms in total. The van der Waals surface area contributed by atoms with Crippen LogP contribution in [0.1, 0.15) is 28.6 Å². The van der Waals surface area contributed by atoms with Gasteiger partial charge in [0.1, 0.15) is 11.5 Å². The molecule has 0 N–H and O–H groups in total. The maximum atomic E-state index is 13.1. The van der Waals surface area contributed by atoms with Crippen molar-refractivity contribution in [3.05, 3.63) is 70.9 Å². The summed E-state index contributed by atoms with van der Waals surface area (Å²) < 4.78 is 22.4. The number of aromatic nitrogens is 2. The summed E-state index contributed by atoms with van der Waals surface area (Å²) in [5.74, 6) is -0.791. The number of hydrogen-bond donors (Lipinski definition) is 0. The highest BCUT2D eigenvalue weighted by Crippen LogP contribution is 2.25. The lowest BCUT2D eigenvalue weighted by Crippen LogP contribution is -2.15. The molecule has 25 heavy (non-hydrogen) atoms. The quantitative estimate of drug-likeness (QED) is 0.609. The van der Waals surface area contributed by atoms with E-state index in [0.29, 0.717) is 16.1 Å². The molecule has 0 amide bonds. The Morgan fingerprint density at radius 3 is 2.60 bits per heavy atom. The molecular weight excluding hydrogens is 339 g/mol. The SMILES string of the molecule is C[C@@H](CCc1ccccc1)OC(=O)c1snnc1-c1ccc(F)cc1. The van der Waals surface area contributed by atoms with Crippen LogP contribution in [0.4, 0.5) is 4.39 Å². The van der Waals surface area contributed by atoms with E-state index in [1.165, 1.54) is 17.7 Å². The summed E-state index contributed by atoms with van der Waals surface area (Å²) in [5, 5.41) is 3.98. The lowest BCUT2D eigenvalue weighted by atomic mass is 10.1.